The maximum atomic E-state index is 13.8. The minimum Gasteiger partial charge on any atom is -0.352 e. The van der Waals surface area contributed by atoms with Gasteiger partial charge in [0.2, 0.25) is 5.91 Å². The van der Waals surface area contributed by atoms with Crippen molar-refractivity contribution in [2.24, 2.45) is 5.41 Å². The molecule has 1 aromatic rings. The second kappa shape index (κ2) is 5.62. The lowest BCUT2D eigenvalue weighted by Crippen LogP contribution is -2.63. The van der Waals surface area contributed by atoms with E-state index in [4.69, 9.17) is 0 Å². The topological polar surface area (TPSA) is 75.3 Å². The number of hydrogen-bond acceptors (Lipinski definition) is 4. The van der Waals surface area contributed by atoms with Crippen LogP contribution >= 0.6 is 0 Å². The monoisotopic (exact) mass is 326 g/mol. The van der Waals surface area contributed by atoms with Gasteiger partial charge in [0.05, 0.1) is 16.9 Å². The first-order valence-corrected chi connectivity index (χ1v) is 9.18. The van der Waals surface area contributed by atoms with Crippen LogP contribution in [0.4, 0.5) is 4.39 Å². The van der Waals surface area contributed by atoms with Crippen molar-refractivity contribution in [3.63, 3.8) is 0 Å². The normalized spacial score (nSPS) is 25.4. The van der Waals surface area contributed by atoms with E-state index in [0.717, 1.165) is 0 Å². The number of amides is 1. The van der Waals surface area contributed by atoms with Gasteiger partial charge in [-0.1, -0.05) is 18.2 Å². The Labute approximate surface area is 129 Å². The lowest BCUT2D eigenvalue weighted by atomic mass is 9.75. The van der Waals surface area contributed by atoms with E-state index in [1.807, 2.05) is 0 Å². The number of carbonyl (C=O) groups is 1. The number of carbonyl (C=O) groups excluding carboxylic acids is 1. The standard InChI is InChI=1S/C15H19FN2O3S/c16-13-4-2-1-3-11(13)7-15(9-17-10-15)14(19)18-12-5-6-22(20,21)8-12/h1-4,12,17H,5-10H2,(H,18,19). The SMILES string of the molecule is O=C(NC1CCS(=O)(=O)C1)C1(Cc2ccccc2F)CNC1. The molecular formula is C15H19FN2O3S. The average molecular weight is 326 g/mol. The molecule has 1 aromatic carbocycles. The maximum Gasteiger partial charge on any atom is 0.229 e. The lowest BCUT2D eigenvalue weighted by Gasteiger charge is -2.41. The molecule has 7 heteroatoms. The fraction of sp³-hybridized carbons (Fsp3) is 0.533. The predicted molar refractivity (Wildman–Crippen MR) is 80.6 cm³/mol. The number of hydrogen-bond donors (Lipinski definition) is 2. The fourth-order valence-electron chi connectivity index (χ4n) is 3.05. The number of benzene rings is 1. The van der Waals surface area contributed by atoms with Crippen molar-refractivity contribution >= 4 is 15.7 Å². The van der Waals surface area contributed by atoms with Gasteiger partial charge in [-0.05, 0) is 24.5 Å². The summed E-state index contributed by atoms with van der Waals surface area (Å²) >= 11 is 0. The van der Waals surface area contributed by atoms with Gasteiger partial charge in [0.15, 0.2) is 9.84 Å². The number of nitrogens with one attached hydrogen (secondary N) is 2. The van der Waals surface area contributed by atoms with E-state index in [2.05, 4.69) is 10.6 Å². The van der Waals surface area contributed by atoms with Crippen molar-refractivity contribution in [3.05, 3.63) is 35.6 Å². The Bertz CT molecular complexity index is 686. The Morgan fingerprint density at radius 3 is 2.64 bits per heavy atom. The van der Waals surface area contributed by atoms with E-state index in [-0.39, 0.29) is 29.3 Å². The third-order valence-corrected chi connectivity index (χ3v) is 6.23. The van der Waals surface area contributed by atoms with Crippen molar-refractivity contribution < 1.29 is 17.6 Å². The molecule has 120 valence electrons. The molecule has 2 fully saturated rings. The van der Waals surface area contributed by atoms with E-state index >= 15 is 0 Å². The van der Waals surface area contributed by atoms with Crippen LogP contribution in [0.2, 0.25) is 0 Å². The first kappa shape index (κ1) is 15.4. The zero-order valence-electron chi connectivity index (χ0n) is 12.1. The van der Waals surface area contributed by atoms with Gasteiger partial charge in [-0.25, -0.2) is 12.8 Å². The van der Waals surface area contributed by atoms with Gasteiger partial charge in [-0.15, -0.1) is 0 Å². The largest absolute Gasteiger partial charge is 0.352 e. The number of rotatable bonds is 4. The third-order valence-electron chi connectivity index (χ3n) is 4.46. The number of sulfone groups is 1. The van der Waals surface area contributed by atoms with Crippen LogP contribution in [0.1, 0.15) is 12.0 Å². The van der Waals surface area contributed by atoms with Crippen LogP contribution in [0.3, 0.4) is 0 Å². The molecule has 0 bridgehead atoms. The van der Waals surface area contributed by atoms with E-state index in [1.165, 1.54) is 6.07 Å². The average Bonchev–Trinajstić information content (AvgIpc) is 2.75. The Kier molecular flexibility index (Phi) is 3.94. The van der Waals surface area contributed by atoms with E-state index in [1.54, 1.807) is 18.2 Å². The fourth-order valence-corrected chi connectivity index (χ4v) is 4.72. The molecule has 1 atom stereocenters. The summed E-state index contributed by atoms with van der Waals surface area (Å²) in [6.07, 6.45) is 0.773. The Morgan fingerprint density at radius 2 is 2.09 bits per heavy atom. The van der Waals surface area contributed by atoms with Crippen LogP contribution in [0.5, 0.6) is 0 Å². The van der Waals surface area contributed by atoms with E-state index < -0.39 is 15.3 Å². The molecule has 0 aromatic heterocycles. The molecule has 2 saturated heterocycles. The summed E-state index contributed by atoms with van der Waals surface area (Å²) in [5, 5.41) is 5.90. The number of halogens is 1. The summed E-state index contributed by atoms with van der Waals surface area (Å²) in [6, 6.07) is 6.11. The molecule has 0 radical (unpaired) electrons. The van der Waals surface area contributed by atoms with Crippen LogP contribution in [0, 0.1) is 11.2 Å². The van der Waals surface area contributed by atoms with Crippen LogP contribution < -0.4 is 10.6 Å². The zero-order valence-corrected chi connectivity index (χ0v) is 13.0. The van der Waals surface area contributed by atoms with Gasteiger partial charge in [0.25, 0.3) is 0 Å². The van der Waals surface area contributed by atoms with E-state index in [0.29, 0.717) is 31.5 Å². The second-order valence-corrected chi connectivity index (χ2v) is 8.45. The maximum absolute atomic E-state index is 13.8. The van der Waals surface area contributed by atoms with Crippen molar-refractivity contribution in [2.45, 2.75) is 18.9 Å². The summed E-state index contributed by atoms with van der Waals surface area (Å²) in [4.78, 5) is 12.6. The predicted octanol–water partition coefficient (Wildman–Crippen LogP) is 0.261. The zero-order chi connectivity index (χ0) is 15.8. The van der Waals surface area contributed by atoms with Crippen molar-refractivity contribution in [2.75, 3.05) is 24.6 Å². The Balaban J connectivity index is 1.70. The molecule has 0 spiro atoms. The van der Waals surface area contributed by atoms with Gasteiger partial charge in [0.1, 0.15) is 5.82 Å². The molecule has 2 N–H and O–H groups in total. The van der Waals surface area contributed by atoms with Crippen molar-refractivity contribution in [3.8, 4) is 0 Å². The third kappa shape index (κ3) is 3.01. The first-order valence-electron chi connectivity index (χ1n) is 7.36. The van der Waals surface area contributed by atoms with Gasteiger partial charge in [0, 0.05) is 19.1 Å². The molecule has 0 saturated carbocycles. The molecule has 2 heterocycles. The summed E-state index contributed by atoms with van der Waals surface area (Å²) in [5.74, 6) is -0.375. The summed E-state index contributed by atoms with van der Waals surface area (Å²) < 4.78 is 36.8. The van der Waals surface area contributed by atoms with Crippen LogP contribution in [0.15, 0.2) is 24.3 Å². The molecule has 3 rings (SSSR count). The van der Waals surface area contributed by atoms with Crippen LogP contribution in [0.25, 0.3) is 0 Å². The molecule has 1 unspecified atom stereocenters. The highest BCUT2D eigenvalue weighted by Gasteiger charge is 2.46. The quantitative estimate of drug-likeness (QED) is 0.832. The smallest absolute Gasteiger partial charge is 0.229 e. The molecule has 1 amide bonds. The van der Waals surface area contributed by atoms with Crippen molar-refractivity contribution in [1.82, 2.24) is 10.6 Å². The summed E-state index contributed by atoms with van der Waals surface area (Å²) in [6.45, 7) is 0.958. The molecule has 5 nitrogen and oxygen atoms in total. The summed E-state index contributed by atoms with van der Waals surface area (Å²) in [5.41, 5.74) is -0.174. The second-order valence-electron chi connectivity index (χ2n) is 6.23. The Morgan fingerprint density at radius 1 is 1.36 bits per heavy atom. The Hall–Kier alpha value is -1.47. The van der Waals surface area contributed by atoms with Gasteiger partial charge in [-0.2, -0.15) is 0 Å². The molecule has 22 heavy (non-hydrogen) atoms. The highest BCUT2D eigenvalue weighted by molar-refractivity contribution is 7.91. The van der Waals surface area contributed by atoms with E-state index in [9.17, 15) is 17.6 Å². The van der Waals surface area contributed by atoms with Gasteiger partial charge >= 0.3 is 0 Å². The molecule has 2 aliphatic heterocycles. The van der Waals surface area contributed by atoms with Crippen LogP contribution in [-0.4, -0.2) is 45.0 Å². The summed E-state index contributed by atoms with van der Waals surface area (Å²) in [7, 11) is -3.03. The minimum atomic E-state index is -3.03. The highest BCUT2D eigenvalue weighted by Crippen LogP contribution is 2.29. The molecule has 2 aliphatic rings. The highest BCUT2D eigenvalue weighted by atomic mass is 32.2. The first-order chi connectivity index (χ1) is 10.4. The molecule has 0 aliphatic carbocycles. The van der Waals surface area contributed by atoms with Gasteiger partial charge < -0.3 is 10.6 Å². The van der Waals surface area contributed by atoms with Crippen molar-refractivity contribution in [1.29, 1.82) is 0 Å². The molecular weight excluding hydrogens is 307 g/mol. The minimum absolute atomic E-state index is 0.00193. The van der Waals surface area contributed by atoms with Crippen LogP contribution in [-0.2, 0) is 21.1 Å². The van der Waals surface area contributed by atoms with Gasteiger partial charge in [-0.3, -0.25) is 4.79 Å². The lowest BCUT2D eigenvalue weighted by molar-refractivity contribution is -0.134.